The molecule has 1 saturated heterocycles. The van der Waals surface area contributed by atoms with Crippen molar-refractivity contribution in [1.29, 1.82) is 0 Å². The van der Waals surface area contributed by atoms with Crippen molar-refractivity contribution in [2.24, 2.45) is 5.92 Å². The Bertz CT molecular complexity index is 616. The summed E-state index contributed by atoms with van der Waals surface area (Å²) < 4.78 is 14.9. The normalized spacial score (nSPS) is 17.6. The standard InChI is InChI=1S/C17H24FN5/c1-13(2)16(22-10-4-3-5-11-22)17-19-20-21-23(17)12-14-6-8-15(18)9-7-14/h6-9,13,16H,3-5,10-12H2,1-2H3. The van der Waals surface area contributed by atoms with Crippen molar-refractivity contribution < 1.29 is 4.39 Å². The van der Waals surface area contributed by atoms with E-state index >= 15 is 0 Å². The van der Waals surface area contributed by atoms with Crippen molar-refractivity contribution in [3.8, 4) is 0 Å². The number of rotatable bonds is 5. The Hall–Kier alpha value is -1.82. The van der Waals surface area contributed by atoms with E-state index in [4.69, 9.17) is 0 Å². The van der Waals surface area contributed by atoms with Gasteiger partial charge >= 0.3 is 0 Å². The van der Waals surface area contributed by atoms with E-state index in [-0.39, 0.29) is 11.9 Å². The molecule has 0 bridgehead atoms. The van der Waals surface area contributed by atoms with Gasteiger partial charge in [-0.2, -0.15) is 0 Å². The molecule has 1 aliphatic heterocycles. The number of nitrogens with zero attached hydrogens (tertiary/aromatic N) is 5. The summed E-state index contributed by atoms with van der Waals surface area (Å²) in [5, 5.41) is 12.4. The highest BCUT2D eigenvalue weighted by Gasteiger charge is 2.29. The smallest absolute Gasteiger partial charge is 0.169 e. The van der Waals surface area contributed by atoms with E-state index in [0.717, 1.165) is 24.5 Å². The summed E-state index contributed by atoms with van der Waals surface area (Å²) in [7, 11) is 0. The Morgan fingerprint density at radius 3 is 2.43 bits per heavy atom. The summed E-state index contributed by atoms with van der Waals surface area (Å²) in [5.74, 6) is 1.12. The summed E-state index contributed by atoms with van der Waals surface area (Å²) in [5.41, 5.74) is 1.00. The van der Waals surface area contributed by atoms with Crippen LogP contribution in [0.4, 0.5) is 4.39 Å². The molecule has 5 nitrogen and oxygen atoms in total. The van der Waals surface area contributed by atoms with Crippen LogP contribution in [0.25, 0.3) is 0 Å². The quantitative estimate of drug-likeness (QED) is 0.850. The molecule has 1 atom stereocenters. The lowest BCUT2D eigenvalue weighted by Gasteiger charge is -2.36. The van der Waals surface area contributed by atoms with Crippen LogP contribution in [-0.4, -0.2) is 38.2 Å². The van der Waals surface area contributed by atoms with Crippen LogP contribution in [0.5, 0.6) is 0 Å². The molecular weight excluding hydrogens is 293 g/mol. The van der Waals surface area contributed by atoms with Crippen LogP contribution in [0.3, 0.4) is 0 Å². The molecule has 0 amide bonds. The van der Waals surface area contributed by atoms with Crippen LogP contribution in [0, 0.1) is 11.7 Å². The Morgan fingerprint density at radius 2 is 1.78 bits per heavy atom. The predicted molar refractivity (Wildman–Crippen MR) is 86.3 cm³/mol. The number of likely N-dealkylation sites (tertiary alicyclic amines) is 1. The highest BCUT2D eigenvalue weighted by molar-refractivity contribution is 5.16. The van der Waals surface area contributed by atoms with Crippen LogP contribution in [-0.2, 0) is 6.54 Å². The van der Waals surface area contributed by atoms with Gasteiger partial charge in [-0.25, -0.2) is 9.07 Å². The molecule has 23 heavy (non-hydrogen) atoms. The Balaban J connectivity index is 1.83. The lowest BCUT2D eigenvalue weighted by atomic mass is 9.98. The molecule has 2 heterocycles. The topological polar surface area (TPSA) is 46.8 Å². The van der Waals surface area contributed by atoms with Crippen LogP contribution >= 0.6 is 0 Å². The predicted octanol–water partition coefficient (Wildman–Crippen LogP) is 3.04. The van der Waals surface area contributed by atoms with Gasteiger partial charge in [0.1, 0.15) is 5.82 Å². The van der Waals surface area contributed by atoms with Crippen molar-refractivity contribution in [3.05, 3.63) is 41.5 Å². The first-order valence-electron chi connectivity index (χ1n) is 8.39. The molecule has 1 fully saturated rings. The molecule has 0 saturated carbocycles. The second-order valence-electron chi connectivity index (χ2n) is 6.61. The van der Waals surface area contributed by atoms with Crippen molar-refractivity contribution >= 4 is 0 Å². The van der Waals surface area contributed by atoms with E-state index in [2.05, 4.69) is 34.3 Å². The first-order chi connectivity index (χ1) is 11.1. The third-order valence-corrected chi connectivity index (χ3v) is 4.49. The maximum absolute atomic E-state index is 13.1. The first-order valence-corrected chi connectivity index (χ1v) is 8.39. The summed E-state index contributed by atoms with van der Waals surface area (Å²) in [4.78, 5) is 2.50. The average molecular weight is 317 g/mol. The number of benzene rings is 1. The molecule has 124 valence electrons. The molecule has 1 aromatic carbocycles. The highest BCUT2D eigenvalue weighted by Crippen LogP contribution is 2.29. The summed E-state index contributed by atoms with van der Waals surface area (Å²) in [6.07, 6.45) is 3.79. The fourth-order valence-corrected chi connectivity index (χ4v) is 3.38. The number of hydrogen-bond donors (Lipinski definition) is 0. The van der Waals surface area contributed by atoms with Crippen molar-refractivity contribution in [2.75, 3.05) is 13.1 Å². The summed E-state index contributed by atoms with van der Waals surface area (Å²) in [6.45, 7) is 7.21. The molecular formula is C17H24FN5. The lowest BCUT2D eigenvalue weighted by molar-refractivity contribution is 0.118. The minimum Gasteiger partial charge on any atom is -0.293 e. The SMILES string of the molecule is CC(C)C(c1nnnn1Cc1ccc(F)cc1)N1CCCCC1. The van der Waals surface area contributed by atoms with Gasteiger partial charge in [0.15, 0.2) is 5.82 Å². The zero-order valence-electron chi connectivity index (χ0n) is 13.8. The molecule has 2 aromatic rings. The minimum atomic E-state index is -0.223. The lowest BCUT2D eigenvalue weighted by Crippen LogP contribution is -2.38. The van der Waals surface area contributed by atoms with E-state index < -0.39 is 0 Å². The molecule has 1 unspecified atom stereocenters. The second-order valence-corrected chi connectivity index (χ2v) is 6.61. The van der Waals surface area contributed by atoms with Crippen LogP contribution in [0.15, 0.2) is 24.3 Å². The van der Waals surface area contributed by atoms with Crippen molar-refractivity contribution in [3.63, 3.8) is 0 Å². The summed E-state index contributed by atoms with van der Waals surface area (Å²) in [6, 6.07) is 6.75. The number of halogens is 1. The van der Waals surface area contributed by atoms with Gasteiger partial charge in [-0.05, 0) is 60.0 Å². The second kappa shape index (κ2) is 7.17. The van der Waals surface area contributed by atoms with Crippen LogP contribution in [0.1, 0.15) is 50.5 Å². The maximum Gasteiger partial charge on any atom is 0.169 e. The number of hydrogen-bond acceptors (Lipinski definition) is 4. The fraction of sp³-hybridized carbons (Fsp3) is 0.588. The van der Waals surface area contributed by atoms with Gasteiger partial charge < -0.3 is 0 Å². The van der Waals surface area contributed by atoms with Gasteiger partial charge in [0, 0.05) is 0 Å². The van der Waals surface area contributed by atoms with Gasteiger partial charge in [-0.1, -0.05) is 32.4 Å². The largest absolute Gasteiger partial charge is 0.293 e. The third kappa shape index (κ3) is 3.75. The van der Waals surface area contributed by atoms with E-state index in [1.165, 1.54) is 31.4 Å². The van der Waals surface area contributed by atoms with Crippen LogP contribution in [0.2, 0.25) is 0 Å². The zero-order valence-corrected chi connectivity index (χ0v) is 13.8. The molecule has 0 aliphatic carbocycles. The number of piperidine rings is 1. The third-order valence-electron chi connectivity index (χ3n) is 4.49. The monoisotopic (exact) mass is 317 g/mol. The van der Waals surface area contributed by atoms with E-state index in [1.807, 2.05) is 4.68 Å². The van der Waals surface area contributed by atoms with Crippen LogP contribution < -0.4 is 0 Å². The fourth-order valence-electron chi connectivity index (χ4n) is 3.38. The van der Waals surface area contributed by atoms with Crippen molar-refractivity contribution in [1.82, 2.24) is 25.1 Å². The van der Waals surface area contributed by atoms with Gasteiger partial charge in [0.05, 0.1) is 12.6 Å². The Labute approximate surface area is 136 Å². The zero-order chi connectivity index (χ0) is 16.2. The molecule has 3 rings (SSSR count). The molecule has 6 heteroatoms. The number of tetrazole rings is 1. The van der Waals surface area contributed by atoms with E-state index in [1.54, 1.807) is 12.1 Å². The Morgan fingerprint density at radius 1 is 1.09 bits per heavy atom. The molecule has 0 spiro atoms. The Kier molecular flexibility index (Phi) is 5.00. The van der Waals surface area contributed by atoms with Gasteiger partial charge in [-0.15, -0.1) is 5.10 Å². The molecule has 1 aliphatic rings. The van der Waals surface area contributed by atoms with Gasteiger partial charge in [0.25, 0.3) is 0 Å². The highest BCUT2D eigenvalue weighted by atomic mass is 19.1. The van der Waals surface area contributed by atoms with Gasteiger partial charge in [-0.3, -0.25) is 4.90 Å². The summed E-state index contributed by atoms with van der Waals surface area (Å²) >= 11 is 0. The minimum absolute atomic E-state index is 0.223. The van der Waals surface area contributed by atoms with Gasteiger partial charge in [0.2, 0.25) is 0 Å². The molecule has 0 N–H and O–H groups in total. The number of aromatic nitrogens is 4. The van der Waals surface area contributed by atoms with Crippen molar-refractivity contribution in [2.45, 2.75) is 45.7 Å². The average Bonchev–Trinajstić information content (AvgIpc) is 2.98. The first kappa shape index (κ1) is 16.1. The van der Waals surface area contributed by atoms with E-state index in [0.29, 0.717) is 12.5 Å². The van der Waals surface area contributed by atoms with E-state index in [9.17, 15) is 4.39 Å². The maximum atomic E-state index is 13.1. The molecule has 1 aromatic heterocycles. The molecule has 0 radical (unpaired) electrons.